The Hall–Kier alpha value is -3.43. The molecule has 0 unspecified atom stereocenters. The number of carbonyl (C=O) groups is 1. The van der Waals surface area contributed by atoms with Gasteiger partial charge in [0.15, 0.2) is 5.82 Å². The Morgan fingerprint density at radius 1 is 1.30 bits per heavy atom. The van der Waals surface area contributed by atoms with Gasteiger partial charge in [0, 0.05) is 11.1 Å². The van der Waals surface area contributed by atoms with Crippen LogP contribution in [0.25, 0.3) is 10.2 Å². The van der Waals surface area contributed by atoms with E-state index in [9.17, 15) is 10.1 Å². The lowest BCUT2D eigenvalue weighted by molar-refractivity contribution is 0.103. The Bertz CT molecular complexity index is 1190. The molecule has 0 radical (unpaired) electrons. The van der Waals surface area contributed by atoms with E-state index in [1.807, 2.05) is 26.0 Å². The highest BCUT2D eigenvalue weighted by molar-refractivity contribution is 7.21. The fourth-order valence-corrected chi connectivity index (χ4v) is 4.66. The number of aromatic nitrogens is 3. The standard InChI is InChI=1S/C21H23N7OS/c1-4-5-6-7-13-11(2)16-17(24)18(30-21(16)25-12(13)3)20(29)26-19-14(10-23)15(8-9-22)27-28-19/h4-8,24H2,1-3H3,(H2,26,27,28,29). The molecule has 3 aromatic heterocycles. The molecule has 0 bridgehead atoms. The van der Waals surface area contributed by atoms with Gasteiger partial charge in [0.25, 0.3) is 5.91 Å². The van der Waals surface area contributed by atoms with Crippen molar-refractivity contribution in [3.05, 3.63) is 33.0 Å². The van der Waals surface area contributed by atoms with Crippen LogP contribution < -0.4 is 11.1 Å². The van der Waals surface area contributed by atoms with Gasteiger partial charge < -0.3 is 11.1 Å². The van der Waals surface area contributed by atoms with Crippen LogP contribution in [-0.2, 0) is 12.8 Å². The van der Waals surface area contributed by atoms with Crippen LogP contribution in [0.1, 0.15) is 63.9 Å². The average Bonchev–Trinajstić information content (AvgIpc) is 3.25. The van der Waals surface area contributed by atoms with Crippen LogP contribution in [0, 0.1) is 36.5 Å². The van der Waals surface area contributed by atoms with Crippen LogP contribution >= 0.6 is 11.3 Å². The molecule has 0 aliphatic heterocycles. The van der Waals surface area contributed by atoms with Gasteiger partial charge in [0.1, 0.15) is 21.3 Å². The number of carbonyl (C=O) groups excluding carboxylic acids is 1. The molecule has 0 aliphatic carbocycles. The number of nitrogens with two attached hydrogens (primary N) is 1. The van der Waals surface area contributed by atoms with Crippen molar-refractivity contribution in [1.29, 1.82) is 10.5 Å². The molecule has 8 nitrogen and oxygen atoms in total. The Kier molecular flexibility index (Phi) is 6.34. The van der Waals surface area contributed by atoms with Gasteiger partial charge in [-0.05, 0) is 37.8 Å². The molecule has 0 saturated heterocycles. The highest BCUT2D eigenvalue weighted by atomic mass is 32.1. The van der Waals surface area contributed by atoms with Gasteiger partial charge in [-0.15, -0.1) is 11.3 Å². The number of thiophene rings is 1. The Balaban J connectivity index is 1.96. The largest absolute Gasteiger partial charge is 0.397 e. The lowest BCUT2D eigenvalue weighted by Gasteiger charge is -2.10. The van der Waals surface area contributed by atoms with Gasteiger partial charge in [0.2, 0.25) is 0 Å². The van der Waals surface area contributed by atoms with E-state index in [2.05, 4.69) is 22.4 Å². The van der Waals surface area contributed by atoms with Gasteiger partial charge in [-0.1, -0.05) is 19.8 Å². The quantitative estimate of drug-likeness (QED) is 0.489. The zero-order valence-electron chi connectivity index (χ0n) is 17.2. The number of hydrogen-bond donors (Lipinski definition) is 3. The first-order valence-corrected chi connectivity index (χ1v) is 10.6. The molecule has 154 valence electrons. The SMILES string of the molecule is CCCCCc1c(C)nc2sc(C(=O)Nc3n[nH]c(CC#N)c3C#N)c(N)c2c1C. The van der Waals surface area contributed by atoms with E-state index >= 15 is 0 Å². The number of fused-ring (bicyclic) bond motifs is 1. The third-order valence-corrected chi connectivity index (χ3v) is 6.24. The molecule has 0 saturated carbocycles. The van der Waals surface area contributed by atoms with E-state index in [1.54, 1.807) is 0 Å². The van der Waals surface area contributed by atoms with Crippen molar-refractivity contribution in [1.82, 2.24) is 15.2 Å². The molecule has 0 aliphatic rings. The summed E-state index contributed by atoms with van der Waals surface area (Å²) in [4.78, 5) is 18.6. The second kappa shape index (κ2) is 8.93. The van der Waals surface area contributed by atoms with Gasteiger partial charge >= 0.3 is 0 Å². The molecular weight excluding hydrogens is 398 g/mol. The summed E-state index contributed by atoms with van der Waals surface area (Å²) in [5, 5.41) is 28.2. The van der Waals surface area contributed by atoms with Crippen LogP contribution in [0.3, 0.4) is 0 Å². The van der Waals surface area contributed by atoms with Crippen molar-refractivity contribution in [3.63, 3.8) is 0 Å². The maximum absolute atomic E-state index is 12.9. The van der Waals surface area contributed by atoms with Gasteiger partial charge in [-0.2, -0.15) is 15.6 Å². The minimum Gasteiger partial charge on any atom is -0.397 e. The number of pyridine rings is 1. The normalized spacial score (nSPS) is 10.7. The van der Waals surface area contributed by atoms with E-state index in [1.165, 1.54) is 16.9 Å². The highest BCUT2D eigenvalue weighted by Gasteiger charge is 2.23. The summed E-state index contributed by atoms with van der Waals surface area (Å²) in [5.41, 5.74) is 10.5. The number of hydrogen-bond acceptors (Lipinski definition) is 7. The number of nitrogens with one attached hydrogen (secondary N) is 2. The lowest BCUT2D eigenvalue weighted by atomic mass is 9.98. The zero-order chi connectivity index (χ0) is 21.8. The van der Waals surface area contributed by atoms with Crippen molar-refractivity contribution in [2.75, 3.05) is 11.1 Å². The van der Waals surface area contributed by atoms with E-state index in [0.717, 1.165) is 47.2 Å². The number of amides is 1. The van der Waals surface area contributed by atoms with Crippen molar-refractivity contribution in [3.8, 4) is 12.1 Å². The summed E-state index contributed by atoms with van der Waals surface area (Å²) in [6.07, 6.45) is 4.32. The second-order valence-corrected chi connectivity index (χ2v) is 8.11. The third-order valence-electron chi connectivity index (χ3n) is 5.14. The predicted octanol–water partition coefficient (Wildman–Crippen LogP) is 4.14. The summed E-state index contributed by atoms with van der Waals surface area (Å²) in [7, 11) is 0. The lowest BCUT2D eigenvalue weighted by Crippen LogP contribution is -2.13. The number of rotatable bonds is 7. The number of anilines is 2. The molecule has 0 atom stereocenters. The van der Waals surface area contributed by atoms with Crippen LogP contribution in [0.2, 0.25) is 0 Å². The van der Waals surface area contributed by atoms with Crippen molar-refractivity contribution in [2.24, 2.45) is 0 Å². The Labute approximate surface area is 178 Å². The Morgan fingerprint density at radius 3 is 2.73 bits per heavy atom. The molecular formula is C21H23N7OS. The number of aryl methyl sites for hydroxylation is 2. The second-order valence-electron chi connectivity index (χ2n) is 7.11. The van der Waals surface area contributed by atoms with E-state index in [0.29, 0.717) is 16.3 Å². The molecule has 3 rings (SSSR count). The van der Waals surface area contributed by atoms with Crippen LogP contribution in [0.4, 0.5) is 11.5 Å². The van der Waals surface area contributed by atoms with Crippen molar-refractivity contribution in [2.45, 2.75) is 52.9 Å². The molecule has 4 N–H and O–H groups in total. The van der Waals surface area contributed by atoms with E-state index in [-0.39, 0.29) is 17.8 Å². The van der Waals surface area contributed by atoms with Crippen LogP contribution in [0.15, 0.2) is 0 Å². The predicted molar refractivity (Wildman–Crippen MR) is 117 cm³/mol. The summed E-state index contributed by atoms with van der Waals surface area (Å²) in [6.45, 7) is 6.19. The minimum atomic E-state index is -0.452. The maximum Gasteiger partial charge on any atom is 0.269 e. The van der Waals surface area contributed by atoms with Crippen LogP contribution in [-0.4, -0.2) is 21.1 Å². The van der Waals surface area contributed by atoms with Crippen LogP contribution in [0.5, 0.6) is 0 Å². The number of unbranched alkanes of at least 4 members (excludes halogenated alkanes) is 2. The fraction of sp³-hybridized carbons (Fsp3) is 0.381. The number of nitriles is 2. The molecule has 1 amide bonds. The third kappa shape index (κ3) is 3.85. The molecule has 0 spiro atoms. The molecule has 30 heavy (non-hydrogen) atoms. The van der Waals surface area contributed by atoms with E-state index in [4.69, 9.17) is 16.0 Å². The molecule has 3 aromatic rings. The first-order chi connectivity index (χ1) is 14.4. The van der Waals surface area contributed by atoms with E-state index < -0.39 is 5.91 Å². The van der Waals surface area contributed by atoms with Crippen molar-refractivity contribution < 1.29 is 4.79 Å². The first-order valence-electron chi connectivity index (χ1n) is 9.76. The fourth-order valence-electron chi connectivity index (χ4n) is 3.56. The highest BCUT2D eigenvalue weighted by Crippen LogP contribution is 2.37. The number of H-pyrrole nitrogens is 1. The Morgan fingerprint density at radius 2 is 2.07 bits per heavy atom. The first kappa shape index (κ1) is 21.3. The number of nitrogen functional groups attached to an aromatic ring is 1. The average molecular weight is 422 g/mol. The summed E-state index contributed by atoms with van der Waals surface area (Å²) in [6, 6.07) is 3.93. The summed E-state index contributed by atoms with van der Waals surface area (Å²) in [5.74, 6) is -0.364. The molecule has 3 heterocycles. The van der Waals surface area contributed by atoms with Gasteiger partial charge in [-0.3, -0.25) is 9.89 Å². The smallest absolute Gasteiger partial charge is 0.269 e. The molecule has 0 fully saturated rings. The van der Waals surface area contributed by atoms with Crippen molar-refractivity contribution >= 4 is 39.0 Å². The number of aromatic amines is 1. The molecule has 0 aromatic carbocycles. The zero-order valence-corrected chi connectivity index (χ0v) is 18.0. The monoisotopic (exact) mass is 421 g/mol. The molecule has 9 heteroatoms. The van der Waals surface area contributed by atoms with Gasteiger partial charge in [-0.25, -0.2) is 4.98 Å². The summed E-state index contributed by atoms with van der Waals surface area (Å²) >= 11 is 1.23. The topological polar surface area (TPSA) is 144 Å². The summed E-state index contributed by atoms with van der Waals surface area (Å²) < 4.78 is 0. The maximum atomic E-state index is 12.9. The number of nitrogens with zero attached hydrogens (tertiary/aromatic N) is 4. The van der Waals surface area contributed by atoms with Gasteiger partial charge in [0.05, 0.1) is 23.9 Å². The minimum absolute atomic E-state index is 0.00000984.